The van der Waals surface area contributed by atoms with Gasteiger partial charge in [-0.1, -0.05) is 32.4 Å². The standard InChI is InChI=1S/C20H27FN4O3/c1-4-6-15(5-2)25(28)19-16(12(3)23-20(22)24-19)11-14-8-7-13(9-17(14)21)10-18(26)27/h7-9,15,28H,4-6,10-11H2,1-3H3,(H,26,27)(H2,22,23,24). The highest BCUT2D eigenvalue weighted by Crippen LogP contribution is 2.28. The maximum absolute atomic E-state index is 14.5. The van der Waals surface area contributed by atoms with E-state index in [0.29, 0.717) is 28.8 Å². The van der Waals surface area contributed by atoms with E-state index in [4.69, 9.17) is 10.8 Å². The minimum absolute atomic E-state index is 0.0407. The van der Waals surface area contributed by atoms with Gasteiger partial charge in [0.2, 0.25) is 5.95 Å². The molecule has 0 bridgehead atoms. The Morgan fingerprint density at radius 1 is 1.32 bits per heavy atom. The molecule has 1 unspecified atom stereocenters. The topological polar surface area (TPSA) is 113 Å². The molecule has 0 saturated heterocycles. The van der Waals surface area contributed by atoms with Crippen molar-refractivity contribution >= 4 is 17.7 Å². The highest BCUT2D eigenvalue weighted by Gasteiger charge is 2.22. The fourth-order valence-corrected chi connectivity index (χ4v) is 3.21. The monoisotopic (exact) mass is 390 g/mol. The van der Waals surface area contributed by atoms with Gasteiger partial charge < -0.3 is 10.8 Å². The molecule has 2 rings (SSSR count). The van der Waals surface area contributed by atoms with Crippen molar-refractivity contribution < 1.29 is 19.5 Å². The number of nitrogens with zero attached hydrogens (tertiary/aromatic N) is 3. The summed E-state index contributed by atoms with van der Waals surface area (Å²) in [6.45, 7) is 5.74. The average Bonchev–Trinajstić information content (AvgIpc) is 2.62. The summed E-state index contributed by atoms with van der Waals surface area (Å²) < 4.78 is 14.5. The number of aliphatic carboxylic acids is 1. The number of aryl methyl sites for hydroxylation is 1. The second-order valence-corrected chi connectivity index (χ2v) is 6.84. The van der Waals surface area contributed by atoms with Crippen LogP contribution in [0.25, 0.3) is 0 Å². The van der Waals surface area contributed by atoms with Crippen molar-refractivity contribution in [3.8, 4) is 0 Å². The number of hydroxylamine groups is 1. The van der Waals surface area contributed by atoms with Crippen LogP contribution in [-0.2, 0) is 17.6 Å². The van der Waals surface area contributed by atoms with E-state index in [1.807, 2.05) is 13.8 Å². The maximum Gasteiger partial charge on any atom is 0.307 e. The predicted octanol–water partition coefficient (Wildman–Crippen LogP) is 3.50. The van der Waals surface area contributed by atoms with Gasteiger partial charge in [0.1, 0.15) is 5.82 Å². The number of rotatable bonds is 9. The highest BCUT2D eigenvalue weighted by molar-refractivity contribution is 5.70. The quantitative estimate of drug-likeness (QED) is 0.562. The lowest BCUT2D eigenvalue weighted by Gasteiger charge is -2.28. The summed E-state index contributed by atoms with van der Waals surface area (Å²) in [6, 6.07) is 4.22. The van der Waals surface area contributed by atoms with Crippen molar-refractivity contribution in [1.82, 2.24) is 9.97 Å². The van der Waals surface area contributed by atoms with E-state index in [9.17, 15) is 14.4 Å². The van der Waals surface area contributed by atoms with Gasteiger partial charge in [-0.05, 0) is 37.0 Å². The van der Waals surface area contributed by atoms with Gasteiger partial charge in [-0.25, -0.2) is 14.4 Å². The molecule has 0 aliphatic carbocycles. The number of carboxylic acids is 1. The van der Waals surface area contributed by atoms with Crippen molar-refractivity contribution in [1.29, 1.82) is 0 Å². The fraction of sp³-hybridized carbons (Fsp3) is 0.450. The van der Waals surface area contributed by atoms with Crippen molar-refractivity contribution in [3.63, 3.8) is 0 Å². The van der Waals surface area contributed by atoms with Crippen LogP contribution >= 0.6 is 0 Å². The Kier molecular flexibility index (Phi) is 7.28. The molecule has 2 aromatic rings. The smallest absolute Gasteiger partial charge is 0.307 e. The molecule has 1 heterocycles. The van der Waals surface area contributed by atoms with Gasteiger partial charge in [0, 0.05) is 17.7 Å². The Bertz CT molecular complexity index is 844. The van der Waals surface area contributed by atoms with Crippen LogP contribution in [0.1, 0.15) is 55.5 Å². The molecule has 152 valence electrons. The molecule has 4 N–H and O–H groups in total. The number of carbonyl (C=O) groups is 1. The van der Waals surface area contributed by atoms with Crippen LogP contribution in [-0.4, -0.2) is 32.3 Å². The van der Waals surface area contributed by atoms with Crippen LogP contribution in [0.3, 0.4) is 0 Å². The largest absolute Gasteiger partial charge is 0.481 e. The van der Waals surface area contributed by atoms with Crippen LogP contribution in [0.2, 0.25) is 0 Å². The van der Waals surface area contributed by atoms with E-state index in [-0.39, 0.29) is 30.6 Å². The van der Waals surface area contributed by atoms with Gasteiger partial charge in [0.15, 0.2) is 5.82 Å². The molecule has 7 nitrogen and oxygen atoms in total. The van der Waals surface area contributed by atoms with Crippen molar-refractivity contribution in [3.05, 3.63) is 46.4 Å². The van der Waals surface area contributed by atoms with Gasteiger partial charge in [0.05, 0.1) is 12.5 Å². The Morgan fingerprint density at radius 2 is 2.04 bits per heavy atom. The van der Waals surface area contributed by atoms with Gasteiger partial charge in [0.25, 0.3) is 0 Å². The van der Waals surface area contributed by atoms with Gasteiger partial charge in [-0.2, -0.15) is 4.98 Å². The lowest BCUT2D eigenvalue weighted by Crippen LogP contribution is -2.33. The molecule has 0 amide bonds. The first-order valence-electron chi connectivity index (χ1n) is 9.36. The molecule has 0 aliphatic heterocycles. The molecule has 28 heavy (non-hydrogen) atoms. The number of halogens is 1. The van der Waals surface area contributed by atoms with Crippen LogP contribution in [0.4, 0.5) is 16.2 Å². The molecular formula is C20H27FN4O3. The number of benzene rings is 1. The lowest BCUT2D eigenvalue weighted by molar-refractivity contribution is -0.136. The minimum Gasteiger partial charge on any atom is -0.481 e. The number of nitrogen functional groups attached to an aromatic ring is 1. The zero-order chi connectivity index (χ0) is 20.8. The first-order valence-corrected chi connectivity index (χ1v) is 9.36. The molecule has 0 fully saturated rings. The lowest BCUT2D eigenvalue weighted by atomic mass is 10.0. The summed E-state index contributed by atoms with van der Waals surface area (Å²) in [5, 5.41) is 20.7. The molecular weight excluding hydrogens is 363 g/mol. The summed E-state index contributed by atoms with van der Waals surface area (Å²) in [5.41, 5.74) is 7.67. The molecule has 8 heteroatoms. The SMILES string of the molecule is CCCC(CC)N(O)c1nc(N)nc(C)c1Cc1ccc(CC(=O)O)cc1F. The second kappa shape index (κ2) is 9.45. The van der Waals surface area contributed by atoms with E-state index < -0.39 is 11.8 Å². The summed E-state index contributed by atoms with van der Waals surface area (Å²) in [4.78, 5) is 19.2. The van der Waals surface area contributed by atoms with Crippen LogP contribution < -0.4 is 10.8 Å². The number of aromatic nitrogens is 2. The summed E-state index contributed by atoms with van der Waals surface area (Å²) in [6.07, 6.45) is 2.29. The number of nitrogens with two attached hydrogens (primary N) is 1. The molecule has 0 spiro atoms. The number of anilines is 2. The molecule has 0 aliphatic rings. The van der Waals surface area contributed by atoms with Crippen molar-refractivity contribution in [2.75, 3.05) is 10.8 Å². The Balaban J connectivity index is 2.41. The zero-order valence-corrected chi connectivity index (χ0v) is 16.4. The van der Waals surface area contributed by atoms with Gasteiger partial charge in [-0.15, -0.1) is 0 Å². The van der Waals surface area contributed by atoms with E-state index in [2.05, 4.69) is 9.97 Å². The summed E-state index contributed by atoms with van der Waals surface area (Å²) in [5.74, 6) is -1.21. The minimum atomic E-state index is -1.02. The maximum atomic E-state index is 14.5. The van der Waals surface area contributed by atoms with E-state index in [1.54, 1.807) is 19.1 Å². The highest BCUT2D eigenvalue weighted by atomic mass is 19.1. The van der Waals surface area contributed by atoms with E-state index in [0.717, 1.165) is 17.9 Å². The number of hydrogen-bond acceptors (Lipinski definition) is 6. The molecule has 1 aromatic carbocycles. The first-order chi connectivity index (χ1) is 13.3. The van der Waals surface area contributed by atoms with Crippen LogP contribution in [0.15, 0.2) is 18.2 Å². The second-order valence-electron chi connectivity index (χ2n) is 6.84. The first kappa shape index (κ1) is 21.6. The molecule has 0 radical (unpaired) electrons. The van der Waals surface area contributed by atoms with E-state index >= 15 is 0 Å². The molecule has 1 aromatic heterocycles. The van der Waals surface area contributed by atoms with Crippen molar-refractivity contribution in [2.45, 2.75) is 58.9 Å². The van der Waals surface area contributed by atoms with Gasteiger partial charge in [-0.3, -0.25) is 10.0 Å². The summed E-state index contributed by atoms with van der Waals surface area (Å²) in [7, 11) is 0. The Morgan fingerprint density at radius 3 is 2.61 bits per heavy atom. The third-order valence-corrected chi connectivity index (χ3v) is 4.71. The predicted molar refractivity (Wildman–Crippen MR) is 105 cm³/mol. The Labute approximate surface area is 164 Å². The summed E-state index contributed by atoms with van der Waals surface area (Å²) >= 11 is 0. The third kappa shape index (κ3) is 5.16. The average molecular weight is 390 g/mol. The normalized spacial score (nSPS) is 12.0. The van der Waals surface area contributed by atoms with Crippen molar-refractivity contribution in [2.24, 2.45) is 0 Å². The molecule has 0 saturated carbocycles. The van der Waals surface area contributed by atoms with Crippen LogP contribution in [0, 0.1) is 12.7 Å². The third-order valence-electron chi connectivity index (χ3n) is 4.71. The zero-order valence-electron chi connectivity index (χ0n) is 16.4. The molecule has 1 atom stereocenters. The Hall–Kier alpha value is -2.74. The fourth-order valence-electron chi connectivity index (χ4n) is 3.21. The van der Waals surface area contributed by atoms with Gasteiger partial charge >= 0.3 is 5.97 Å². The number of hydrogen-bond donors (Lipinski definition) is 3. The van der Waals surface area contributed by atoms with Crippen LogP contribution in [0.5, 0.6) is 0 Å². The van der Waals surface area contributed by atoms with E-state index in [1.165, 1.54) is 6.07 Å². The number of carboxylic acid groups (broad SMARTS) is 1.